The molecular weight excluding hydrogens is 236 g/mol. The first-order chi connectivity index (χ1) is 9.40. The van der Waals surface area contributed by atoms with Crippen LogP contribution in [0.25, 0.3) is 10.9 Å². The van der Waals surface area contributed by atoms with Gasteiger partial charge in [-0.2, -0.15) is 5.10 Å². The fourth-order valence-electron chi connectivity index (χ4n) is 3.62. The molecule has 3 saturated heterocycles. The fourth-order valence-corrected chi connectivity index (χ4v) is 3.62. The molecule has 1 atom stereocenters. The van der Waals surface area contributed by atoms with Crippen LogP contribution in [0.5, 0.6) is 0 Å². The predicted octanol–water partition coefficient (Wildman–Crippen LogP) is 1.75. The lowest BCUT2D eigenvalue weighted by molar-refractivity contribution is 0.0720. The summed E-state index contributed by atoms with van der Waals surface area (Å²) in [6.07, 6.45) is 4.67. The Bertz CT molecular complexity index is 568. The molecule has 0 unspecified atom stereocenters. The van der Waals surface area contributed by atoms with Crippen molar-refractivity contribution in [2.45, 2.75) is 25.4 Å². The van der Waals surface area contributed by atoms with Crippen LogP contribution in [0, 0.1) is 5.92 Å². The SMILES string of the molecule is c1cc(CN[C@@H]2CN3CCC2CC3)c2cn[nH]c2c1. The van der Waals surface area contributed by atoms with Gasteiger partial charge in [-0.3, -0.25) is 5.10 Å². The molecule has 0 aliphatic carbocycles. The molecule has 19 heavy (non-hydrogen) atoms. The fraction of sp³-hybridized carbons (Fsp3) is 0.533. The Hall–Kier alpha value is -1.39. The molecule has 0 saturated carbocycles. The number of nitrogens with zero attached hydrogens (tertiary/aromatic N) is 2. The molecule has 4 nitrogen and oxygen atoms in total. The molecule has 3 aliphatic rings. The van der Waals surface area contributed by atoms with Crippen molar-refractivity contribution in [1.29, 1.82) is 0 Å². The summed E-state index contributed by atoms with van der Waals surface area (Å²) in [5, 5.41) is 12.2. The number of H-pyrrole nitrogens is 1. The lowest BCUT2D eigenvalue weighted by atomic mass is 9.84. The zero-order valence-corrected chi connectivity index (χ0v) is 11.1. The van der Waals surface area contributed by atoms with E-state index in [9.17, 15) is 0 Å². The number of benzene rings is 1. The highest BCUT2D eigenvalue weighted by Crippen LogP contribution is 2.28. The average molecular weight is 256 g/mol. The Balaban J connectivity index is 1.49. The zero-order valence-electron chi connectivity index (χ0n) is 11.1. The molecule has 5 rings (SSSR count). The van der Waals surface area contributed by atoms with Crippen LogP contribution in [0.1, 0.15) is 18.4 Å². The molecule has 2 N–H and O–H groups in total. The molecule has 3 fully saturated rings. The van der Waals surface area contributed by atoms with Gasteiger partial charge in [0, 0.05) is 24.5 Å². The van der Waals surface area contributed by atoms with E-state index in [4.69, 9.17) is 0 Å². The van der Waals surface area contributed by atoms with E-state index >= 15 is 0 Å². The highest BCUT2D eigenvalue weighted by molar-refractivity contribution is 5.81. The minimum absolute atomic E-state index is 0.671. The minimum Gasteiger partial charge on any atom is -0.308 e. The lowest BCUT2D eigenvalue weighted by Gasteiger charge is -2.45. The van der Waals surface area contributed by atoms with E-state index in [-0.39, 0.29) is 0 Å². The van der Waals surface area contributed by atoms with E-state index in [0.29, 0.717) is 6.04 Å². The number of rotatable bonds is 3. The molecule has 1 aromatic carbocycles. The van der Waals surface area contributed by atoms with Gasteiger partial charge in [-0.15, -0.1) is 0 Å². The van der Waals surface area contributed by atoms with Crippen molar-refractivity contribution in [2.75, 3.05) is 19.6 Å². The number of hydrogen-bond donors (Lipinski definition) is 2. The number of hydrogen-bond acceptors (Lipinski definition) is 3. The molecule has 2 bridgehead atoms. The van der Waals surface area contributed by atoms with Crippen molar-refractivity contribution in [2.24, 2.45) is 5.92 Å². The molecule has 4 heteroatoms. The van der Waals surface area contributed by atoms with Crippen LogP contribution >= 0.6 is 0 Å². The maximum atomic E-state index is 4.13. The highest BCUT2D eigenvalue weighted by atomic mass is 15.2. The number of aromatic amines is 1. The Kier molecular flexibility index (Phi) is 2.78. The maximum Gasteiger partial charge on any atom is 0.0653 e. The average Bonchev–Trinajstić information content (AvgIpc) is 2.95. The predicted molar refractivity (Wildman–Crippen MR) is 75.9 cm³/mol. The summed E-state index contributed by atoms with van der Waals surface area (Å²) in [7, 11) is 0. The van der Waals surface area contributed by atoms with Crippen LogP contribution in [0.3, 0.4) is 0 Å². The number of piperidine rings is 3. The van der Waals surface area contributed by atoms with Crippen LogP contribution in [0.4, 0.5) is 0 Å². The van der Waals surface area contributed by atoms with Gasteiger partial charge in [0.25, 0.3) is 0 Å². The van der Waals surface area contributed by atoms with Gasteiger partial charge in [0.15, 0.2) is 0 Å². The topological polar surface area (TPSA) is 44.0 Å². The largest absolute Gasteiger partial charge is 0.308 e. The first-order valence-corrected chi connectivity index (χ1v) is 7.27. The van der Waals surface area contributed by atoms with E-state index in [2.05, 4.69) is 38.6 Å². The van der Waals surface area contributed by atoms with Gasteiger partial charge in [-0.1, -0.05) is 12.1 Å². The zero-order chi connectivity index (χ0) is 12.7. The smallest absolute Gasteiger partial charge is 0.0653 e. The van der Waals surface area contributed by atoms with Gasteiger partial charge < -0.3 is 10.2 Å². The van der Waals surface area contributed by atoms with Crippen LogP contribution in [0.2, 0.25) is 0 Å². The molecule has 0 spiro atoms. The molecule has 2 aromatic rings. The van der Waals surface area contributed by atoms with Gasteiger partial charge >= 0.3 is 0 Å². The van der Waals surface area contributed by atoms with E-state index in [1.54, 1.807) is 0 Å². The summed E-state index contributed by atoms with van der Waals surface area (Å²) in [6.45, 7) is 4.79. The second-order valence-corrected chi connectivity index (χ2v) is 5.87. The van der Waals surface area contributed by atoms with Crippen molar-refractivity contribution in [3.8, 4) is 0 Å². The Morgan fingerprint density at radius 3 is 3.00 bits per heavy atom. The van der Waals surface area contributed by atoms with Crippen molar-refractivity contribution >= 4 is 10.9 Å². The van der Waals surface area contributed by atoms with E-state index in [0.717, 1.165) is 18.0 Å². The monoisotopic (exact) mass is 256 g/mol. The summed E-state index contributed by atoms with van der Waals surface area (Å²) in [5.74, 6) is 0.883. The molecule has 0 radical (unpaired) electrons. The van der Waals surface area contributed by atoms with Crippen molar-refractivity contribution in [3.05, 3.63) is 30.0 Å². The normalized spacial score (nSPS) is 30.0. The first-order valence-electron chi connectivity index (χ1n) is 7.27. The summed E-state index contributed by atoms with van der Waals surface area (Å²) < 4.78 is 0. The molecular formula is C15H20N4. The van der Waals surface area contributed by atoms with Gasteiger partial charge in [0.2, 0.25) is 0 Å². The maximum absolute atomic E-state index is 4.13. The third-order valence-corrected chi connectivity index (χ3v) is 4.79. The quantitative estimate of drug-likeness (QED) is 0.879. The number of nitrogens with one attached hydrogen (secondary N) is 2. The van der Waals surface area contributed by atoms with Crippen molar-refractivity contribution in [3.63, 3.8) is 0 Å². The Morgan fingerprint density at radius 1 is 1.32 bits per heavy atom. The van der Waals surface area contributed by atoms with Gasteiger partial charge in [-0.25, -0.2) is 0 Å². The van der Waals surface area contributed by atoms with Crippen molar-refractivity contribution in [1.82, 2.24) is 20.4 Å². The second kappa shape index (κ2) is 4.62. The molecule has 0 amide bonds. The summed E-state index contributed by atoms with van der Waals surface area (Å²) in [5.41, 5.74) is 2.48. The number of fused-ring (bicyclic) bond motifs is 4. The molecule has 1 aromatic heterocycles. The third kappa shape index (κ3) is 2.05. The highest BCUT2D eigenvalue weighted by Gasteiger charge is 2.33. The van der Waals surface area contributed by atoms with Crippen LogP contribution in [-0.4, -0.2) is 40.8 Å². The molecule has 3 aliphatic heterocycles. The van der Waals surface area contributed by atoms with Gasteiger partial charge in [-0.05, 0) is 43.5 Å². The molecule has 100 valence electrons. The standard InChI is InChI=1S/C15H20N4/c1-2-12(13-9-17-18-14(13)3-1)8-16-15-10-19-6-4-11(15)5-7-19/h1-3,9,11,15-16H,4-8,10H2,(H,17,18)/t15-/m1/s1. The Morgan fingerprint density at radius 2 is 2.21 bits per heavy atom. The van der Waals surface area contributed by atoms with E-state index in [1.165, 1.54) is 43.4 Å². The van der Waals surface area contributed by atoms with Gasteiger partial charge in [0.05, 0.1) is 11.7 Å². The minimum atomic E-state index is 0.671. The number of aromatic nitrogens is 2. The van der Waals surface area contributed by atoms with E-state index < -0.39 is 0 Å². The van der Waals surface area contributed by atoms with Crippen LogP contribution in [-0.2, 0) is 6.54 Å². The Labute approximate surface area is 113 Å². The summed E-state index contributed by atoms with van der Waals surface area (Å²) >= 11 is 0. The van der Waals surface area contributed by atoms with Gasteiger partial charge in [0.1, 0.15) is 0 Å². The lowest BCUT2D eigenvalue weighted by Crippen LogP contribution is -2.55. The molecule has 4 heterocycles. The van der Waals surface area contributed by atoms with Crippen LogP contribution < -0.4 is 5.32 Å². The summed E-state index contributed by atoms with van der Waals surface area (Å²) in [4.78, 5) is 2.59. The second-order valence-electron chi connectivity index (χ2n) is 5.87. The van der Waals surface area contributed by atoms with E-state index in [1.807, 2.05) is 6.20 Å². The van der Waals surface area contributed by atoms with Crippen molar-refractivity contribution < 1.29 is 0 Å². The first kappa shape index (κ1) is 11.4. The summed E-state index contributed by atoms with van der Waals surface area (Å²) in [6, 6.07) is 7.06. The third-order valence-electron chi connectivity index (χ3n) is 4.79. The van der Waals surface area contributed by atoms with Crippen LogP contribution in [0.15, 0.2) is 24.4 Å².